The Hall–Kier alpha value is -5.56. The van der Waals surface area contributed by atoms with Crippen LogP contribution < -0.4 is 5.32 Å². The van der Waals surface area contributed by atoms with Crippen molar-refractivity contribution < 1.29 is 30.6 Å². The molecule has 51 heavy (non-hydrogen) atoms. The number of quaternary nitrogens is 1. The number of nitrogens with zero attached hydrogens (tertiary/aromatic N) is 7. The van der Waals surface area contributed by atoms with Crippen LogP contribution in [0.25, 0.3) is 33.7 Å². The average Bonchev–Trinajstić information content (AvgIpc) is 3.73. The summed E-state index contributed by atoms with van der Waals surface area (Å²) >= 11 is 0. The van der Waals surface area contributed by atoms with Gasteiger partial charge in [0.1, 0.15) is 10.1 Å². The summed E-state index contributed by atoms with van der Waals surface area (Å²) in [4.78, 5) is 4.51. The molecule has 0 saturated heterocycles. The zero-order valence-corrected chi connectivity index (χ0v) is 29.1. The topological polar surface area (TPSA) is 141 Å². The summed E-state index contributed by atoms with van der Waals surface area (Å²) in [6.45, 7) is 3.48. The lowest BCUT2D eigenvalue weighted by molar-refractivity contribution is -0.870. The molecule has 0 aliphatic heterocycles. The molecule has 0 spiro atoms. The Morgan fingerprint density at radius 2 is 1.69 bits per heavy atom. The molecule has 6 aromatic rings. The Bertz CT molecular complexity index is 2290. The van der Waals surface area contributed by atoms with Crippen LogP contribution in [0.3, 0.4) is 0 Å². The van der Waals surface area contributed by atoms with Crippen LogP contribution in [0.4, 0.5) is 19.1 Å². The molecule has 3 aromatic heterocycles. The van der Waals surface area contributed by atoms with Crippen molar-refractivity contribution in [2.24, 2.45) is 0 Å². The van der Waals surface area contributed by atoms with E-state index >= 15 is 0 Å². The Morgan fingerprint density at radius 3 is 2.29 bits per heavy atom. The number of fused-ring (bicyclic) bond motifs is 1. The number of benzene rings is 3. The number of alkyl halides is 3. The summed E-state index contributed by atoms with van der Waals surface area (Å²) in [5.74, 6) is 0.400. The highest BCUT2D eigenvalue weighted by atomic mass is 32.2. The van der Waals surface area contributed by atoms with Crippen molar-refractivity contribution in [1.29, 1.82) is 5.26 Å². The molecule has 1 N–H and O–H groups in total. The van der Waals surface area contributed by atoms with E-state index in [4.69, 9.17) is 4.98 Å². The minimum Gasteiger partial charge on any atom is -0.744 e. The first-order valence-corrected chi connectivity index (χ1v) is 17.1. The summed E-state index contributed by atoms with van der Waals surface area (Å²) in [7, 11) is 2.11. The van der Waals surface area contributed by atoms with E-state index < -0.39 is 21.9 Å². The smallest absolute Gasteiger partial charge is 0.416 e. The summed E-state index contributed by atoms with van der Waals surface area (Å²) < 4.78 is 76.0. The van der Waals surface area contributed by atoms with Crippen LogP contribution in [0.1, 0.15) is 23.1 Å². The zero-order chi connectivity index (χ0) is 37.0. The third-order valence-corrected chi connectivity index (χ3v) is 8.69. The molecule has 15 heteroatoms. The van der Waals surface area contributed by atoms with E-state index in [0.717, 1.165) is 52.1 Å². The fourth-order valence-electron chi connectivity index (χ4n) is 5.37. The largest absolute Gasteiger partial charge is 0.744 e. The van der Waals surface area contributed by atoms with Crippen LogP contribution >= 0.6 is 0 Å². The molecular formula is C36H35F3N8O3S. The number of hydrogen-bond donors (Lipinski definition) is 1. The first kappa shape index (κ1) is 36.7. The number of halogens is 3. The first-order chi connectivity index (χ1) is 24.0. The Kier molecular flexibility index (Phi) is 10.6. The lowest BCUT2D eigenvalue weighted by Gasteiger charge is -2.23. The molecule has 0 aliphatic rings. The van der Waals surface area contributed by atoms with Crippen LogP contribution in [0, 0.1) is 18.3 Å². The molecule has 0 saturated carbocycles. The van der Waals surface area contributed by atoms with Gasteiger partial charge in [0.25, 0.3) is 0 Å². The summed E-state index contributed by atoms with van der Waals surface area (Å²) in [6.07, 6.45) is -0.113. The van der Waals surface area contributed by atoms with Gasteiger partial charge in [0.2, 0.25) is 5.95 Å². The third-order valence-electron chi connectivity index (χ3n) is 7.84. The monoisotopic (exact) mass is 716 g/mol. The number of nitrogens with one attached hydrogen (secondary N) is 1. The molecule has 0 unspecified atom stereocenters. The van der Waals surface area contributed by atoms with Gasteiger partial charge in [-0.25, -0.2) is 17.6 Å². The highest BCUT2D eigenvalue weighted by Crippen LogP contribution is 2.38. The lowest BCUT2D eigenvalue weighted by atomic mass is 9.95. The molecule has 0 radical (unpaired) electrons. The maximum atomic E-state index is 13.7. The number of hydrogen-bond acceptors (Lipinski definition) is 8. The summed E-state index contributed by atoms with van der Waals surface area (Å²) in [6, 6.07) is 23.4. The van der Waals surface area contributed by atoms with Crippen molar-refractivity contribution in [2.45, 2.75) is 24.4 Å². The molecule has 264 valence electrons. The second kappa shape index (κ2) is 14.7. The average molecular weight is 717 g/mol. The Labute approximate surface area is 293 Å². The van der Waals surface area contributed by atoms with E-state index in [2.05, 4.69) is 42.7 Å². The van der Waals surface area contributed by atoms with E-state index in [1.54, 1.807) is 51.8 Å². The van der Waals surface area contributed by atoms with Crippen LogP contribution in [0.2, 0.25) is 0 Å². The number of nitriles is 1. The normalized spacial score (nSPS) is 11.9. The minimum atomic E-state index is -4.49. The number of rotatable bonds is 9. The van der Waals surface area contributed by atoms with Gasteiger partial charge in [0, 0.05) is 30.3 Å². The van der Waals surface area contributed by atoms with Crippen LogP contribution in [-0.4, -0.2) is 76.1 Å². The standard InChI is InChI=1S/C30H30F3N8.C6H6O3S/c1-20-25(26-13-15-36-40(26)24-11-9-21(18-34)10-12-24)19-39-28(37-29(38-39)35-14-6-16-41(2,3)4)27(20)22-7-5-8-23(17-22)30(31,32)33;7-10(8,9)6-4-2-1-3-5-6/h5,7-13,15,17,19H,6,14,16H2,1-4H3,(H,35,38);1-5H,(H,7,8,9)/q+1;/p-1. The van der Waals surface area contributed by atoms with Crippen LogP contribution in [0.5, 0.6) is 0 Å². The minimum absolute atomic E-state index is 0.185. The molecule has 3 aromatic carbocycles. The molecule has 0 atom stereocenters. The Balaban J connectivity index is 0.000000435. The van der Waals surface area contributed by atoms with Crippen molar-refractivity contribution in [3.05, 3.63) is 114 Å². The van der Waals surface area contributed by atoms with E-state index in [1.165, 1.54) is 30.3 Å². The van der Waals surface area contributed by atoms with Crippen molar-refractivity contribution in [2.75, 3.05) is 39.5 Å². The predicted octanol–water partition coefficient (Wildman–Crippen LogP) is 6.55. The quantitative estimate of drug-likeness (QED) is 0.101. The molecule has 0 amide bonds. The van der Waals surface area contributed by atoms with Gasteiger partial charge in [-0.2, -0.15) is 28.5 Å². The van der Waals surface area contributed by atoms with Crippen molar-refractivity contribution in [3.8, 4) is 34.1 Å². The zero-order valence-electron chi connectivity index (χ0n) is 28.3. The molecule has 0 bridgehead atoms. The van der Waals surface area contributed by atoms with Crippen molar-refractivity contribution in [3.63, 3.8) is 0 Å². The molecule has 11 nitrogen and oxygen atoms in total. The Morgan fingerprint density at radius 1 is 0.980 bits per heavy atom. The number of pyridine rings is 1. The van der Waals surface area contributed by atoms with Gasteiger partial charge in [-0.3, -0.25) is 0 Å². The lowest BCUT2D eigenvalue weighted by Crippen LogP contribution is -2.36. The van der Waals surface area contributed by atoms with Gasteiger partial charge < -0.3 is 14.4 Å². The van der Waals surface area contributed by atoms with Gasteiger partial charge >= 0.3 is 6.18 Å². The molecule has 0 fully saturated rings. The fourth-order valence-corrected chi connectivity index (χ4v) is 5.86. The highest BCUT2D eigenvalue weighted by molar-refractivity contribution is 7.85. The highest BCUT2D eigenvalue weighted by Gasteiger charge is 2.31. The van der Waals surface area contributed by atoms with E-state index in [0.29, 0.717) is 34.8 Å². The fraction of sp³-hybridized carbons (Fsp3) is 0.222. The maximum absolute atomic E-state index is 13.7. The summed E-state index contributed by atoms with van der Waals surface area (Å²) in [5, 5.41) is 21.6. The molecular weight excluding hydrogens is 682 g/mol. The van der Waals surface area contributed by atoms with Crippen LogP contribution in [-0.2, 0) is 16.3 Å². The SMILES string of the molecule is Cc1c(-c2ccnn2-c2ccc(C#N)cc2)cn2nc(NCCC[N+](C)(C)C)nc2c1-c1cccc(C(F)(F)F)c1.O=S(=O)([O-])c1ccccc1. The van der Waals surface area contributed by atoms with Gasteiger partial charge in [-0.15, -0.1) is 5.10 Å². The van der Waals surface area contributed by atoms with E-state index in [9.17, 15) is 31.4 Å². The number of anilines is 1. The molecule has 6 rings (SSSR count). The van der Waals surface area contributed by atoms with Gasteiger partial charge in [0.05, 0.1) is 67.4 Å². The van der Waals surface area contributed by atoms with Gasteiger partial charge in [0.15, 0.2) is 5.65 Å². The third kappa shape index (κ3) is 8.97. The predicted molar refractivity (Wildman–Crippen MR) is 186 cm³/mol. The molecule has 0 aliphatic carbocycles. The van der Waals surface area contributed by atoms with Gasteiger partial charge in [-0.05, 0) is 72.6 Å². The van der Waals surface area contributed by atoms with E-state index in [-0.39, 0.29) is 4.90 Å². The second-order valence-electron chi connectivity index (χ2n) is 12.7. The van der Waals surface area contributed by atoms with Crippen LogP contribution in [0.15, 0.2) is 102 Å². The second-order valence-corrected chi connectivity index (χ2v) is 14.1. The maximum Gasteiger partial charge on any atom is 0.416 e. The van der Waals surface area contributed by atoms with Crippen molar-refractivity contribution in [1.82, 2.24) is 24.4 Å². The van der Waals surface area contributed by atoms with E-state index in [1.807, 2.05) is 19.2 Å². The first-order valence-electron chi connectivity index (χ1n) is 15.7. The van der Waals surface area contributed by atoms with Crippen molar-refractivity contribution >= 4 is 21.7 Å². The number of aromatic nitrogens is 5. The molecule has 3 heterocycles. The van der Waals surface area contributed by atoms with Gasteiger partial charge in [-0.1, -0.05) is 30.3 Å². The summed E-state index contributed by atoms with van der Waals surface area (Å²) in [5.41, 5.74) is 4.09.